The fourth-order valence-corrected chi connectivity index (χ4v) is 3.54. The highest BCUT2D eigenvalue weighted by Crippen LogP contribution is 2.50. The zero-order valence-electron chi connectivity index (χ0n) is 11.2. The van der Waals surface area contributed by atoms with E-state index in [0.29, 0.717) is 22.3 Å². The molecule has 0 unspecified atom stereocenters. The van der Waals surface area contributed by atoms with Gasteiger partial charge in [-0.25, -0.2) is 0 Å². The molecule has 2 aromatic carbocycles. The molecule has 0 fully saturated rings. The number of rotatable bonds is 0. The van der Waals surface area contributed by atoms with Crippen LogP contribution >= 0.6 is 0 Å². The average Bonchev–Trinajstić information content (AvgIpc) is 2.81. The first-order valence-electron chi connectivity index (χ1n) is 6.82. The number of carbonyl (C=O) groups excluding carboxylic acids is 2. The van der Waals surface area contributed by atoms with Gasteiger partial charge in [0.25, 0.3) is 0 Å². The Kier molecular flexibility index (Phi) is 2.25. The molecule has 0 saturated carbocycles. The van der Waals surface area contributed by atoms with Crippen LogP contribution in [0.5, 0.6) is 0 Å². The summed E-state index contributed by atoms with van der Waals surface area (Å²) in [7, 11) is 0. The van der Waals surface area contributed by atoms with Gasteiger partial charge in [-0.2, -0.15) is 0 Å². The Morgan fingerprint density at radius 2 is 1.38 bits per heavy atom. The van der Waals surface area contributed by atoms with Crippen molar-refractivity contribution in [1.29, 1.82) is 0 Å². The van der Waals surface area contributed by atoms with Crippen molar-refractivity contribution in [3.05, 3.63) is 82.6 Å². The predicted molar refractivity (Wildman–Crippen MR) is 77.4 cm³/mol. The van der Waals surface area contributed by atoms with Gasteiger partial charge in [0, 0.05) is 23.6 Å². The monoisotopic (exact) mass is 276 g/mol. The zero-order chi connectivity index (χ0) is 14.6. The Balaban J connectivity index is 2.14. The maximum atomic E-state index is 12.7. The van der Waals surface area contributed by atoms with Crippen molar-refractivity contribution < 1.29 is 14.7 Å². The lowest BCUT2D eigenvalue weighted by molar-refractivity contribution is -0.114. The number of allylic oxidation sites excluding steroid dienone is 2. The van der Waals surface area contributed by atoms with Crippen LogP contribution in [-0.2, 0) is 10.2 Å². The molecule has 2 aliphatic carbocycles. The molecule has 4 rings (SSSR count). The van der Waals surface area contributed by atoms with Crippen molar-refractivity contribution >= 4 is 11.6 Å². The molecular formula is C18H12O3. The second kappa shape index (κ2) is 3.92. The van der Waals surface area contributed by atoms with E-state index in [1.807, 2.05) is 24.3 Å². The first-order chi connectivity index (χ1) is 10.1. The largest absolute Gasteiger partial charge is 0.511 e. The molecule has 0 heterocycles. The number of hydrogen-bond acceptors (Lipinski definition) is 3. The van der Waals surface area contributed by atoms with E-state index in [-0.39, 0.29) is 23.7 Å². The molecule has 21 heavy (non-hydrogen) atoms. The molecule has 0 saturated heterocycles. The van der Waals surface area contributed by atoms with Crippen LogP contribution in [0.4, 0.5) is 0 Å². The lowest BCUT2D eigenvalue weighted by Gasteiger charge is -2.36. The number of aliphatic hydroxyl groups is 1. The molecule has 0 amide bonds. The molecular weight excluding hydrogens is 264 g/mol. The number of aliphatic hydroxyl groups excluding tert-OH is 1. The van der Waals surface area contributed by atoms with Crippen LogP contribution in [-0.4, -0.2) is 16.7 Å². The molecule has 0 aliphatic heterocycles. The number of benzene rings is 2. The van der Waals surface area contributed by atoms with Gasteiger partial charge < -0.3 is 5.11 Å². The van der Waals surface area contributed by atoms with Crippen LogP contribution in [0, 0.1) is 0 Å². The average molecular weight is 276 g/mol. The number of fused-ring (bicyclic) bond motifs is 4. The SMILES string of the molecule is O=C1C=C(O)C2(C1)c1ccccc1C(=O)c1ccccc12. The molecule has 0 radical (unpaired) electrons. The lowest BCUT2D eigenvalue weighted by atomic mass is 9.65. The van der Waals surface area contributed by atoms with Crippen LogP contribution < -0.4 is 0 Å². The highest BCUT2D eigenvalue weighted by Gasteiger charge is 2.50. The first kappa shape index (κ1) is 12.1. The smallest absolute Gasteiger partial charge is 0.193 e. The summed E-state index contributed by atoms with van der Waals surface area (Å²) in [6.07, 6.45) is 1.45. The molecule has 3 nitrogen and oxygen atoms in total. The van der Waals surface area contributed by atoms with Gasteiger partial charge in [-0.3, -0.25) is 9.59 Å². The van der Waals surface area contributed by atoms with Gasteiger partial charge >= 0.3 is 0 Å². The Morgan fingerprint density at radius 1 is 0.857 bits per heavy atom. The van der Waals surface area contributed by atoms with Gasteiger partial charge in [0.1, 0.15) is 5.76 Å². The van der Waals surface area contributed by atoms with Gasteiger partial charge in [-0.05, 0) is 11.1 Å². The summed E-state index contributed by atoms with van der Waals surface area (Å²) in [5, 5.41) is 10.5. The first-order valence-corrected chi connectivity index (χ1v) is 6.82. The van der Waals surface area contributed by atoms with E-state index >= 15 is 0 Å². The maximum absolute atomic E-state index is 12.7. The minimum atomic E-state index is -0.905. The molecule has 3 heteroatoms. The van der Waals surface area contributed by atoms with Crippen LogP contribution in [0.15, 0.2) is 60.4 Å². The van der Waals surface area contributed by atoms with Gasteiger partial charge in [-0.1, -0.05) is 48.5 Å². The summed E-state index contributed by atoms with van der Waals surface area (Å²) >= 11 is 0. The summed E-state index contributed by atoms with van der Waals surface area (Å²) in [6, 6.07) is 14.4. The zero-order valence-corrected chi connectivity index (χ0v) is 11.2. The standard InChI is InChI=1S/C18H12O3/c19-11-9-16(20)18(10-11)14-7-3-1-5-12(14)17(21)13-6-2-4-8-15(13)18/h1-9,20H,10H2. The van der Waals surface area contributed by atoms with Crippen LogP contribution in [0.1, 0.15) is 33.5 Å². The topological polar surface area (TPSA) is 54.4 Å². The van der Waals surface area contributed by atoms with Crippen molar-refractivity contribution in [2.45, 2.75) is 11.8 Å². The third-order valence-corrected chi connectivity index (χ3v) is 4.44. The predicted octanol–water partition coefficient (Wildman–Crippen LogP) is 2.93. The van der Waals surface area contributed by atoms with E-state index in [1.54, 1.807) is 24.3 Å². The molecule has 0 atom stereocenters. The summed E-state index contributed by atoms with van der Waals surface area (Å²) < 4.78 is 0. The lowest BCUT2D eigenvalue weighted by Crippen LogP contribution is -2.36. The van der Waals surface area contributed by atoms with Crippen molar-refractivity contribution in [2.75, 3.05) is 0 Å². The maximum Gasteiger partial charge on any atom is 0.193 e. The van der Waals surface area contributed by atoms with Gasteiger partial charge in [0.05, 0.1) is 5.41 Å². The van der Waals surface area contributed by atoms with E-state index in [2.05, 4.69) is 0 Å². The third-order valence-electron chi connectivity index (χ3n) is 4.44. The van der Waals surface area contributed by atoms with Crippen molar-refractivity contribution in [3.63, 3.8) is 0 Å². The Labute approximate surface area is 121 Å². The van der Waals surface area contributed by atoms with Gasteiger partial charge in [0.15, 0.2) is 11.6 Å². The van der Waals surface area contributed by atoms with Gasteiger partial charge in [-0.15, -0.1) is 0 Å². The van der Waals surface area contributed by atoms with Crippen molar-refractivity contribution in [2.24, 2.45) is 0 Å². The highest BCUT2D eigenvalue weighted by atomic mass is 16.3. The Bertz CT molecular complexity index is 780. The number of ketones is 2. The van der Waals surface area contributed by atoms with E-state index in [0.717, 1.165) is 0 Å². The van der Waals surface area contributed by atoms with Gasteiger partial charge in [0.2, 0.25) is 0 Å². The van der Waals surface area contributed by atoms with Crippen LogP contribution in [0.3, 0.4) is 0 Å². The van der Waals surface area contributed by atoms with Crippen molar-refractivity contribution in [1.82, 2.24) is 0 Å². The fourth-order valence-electron chi connectivity index (χ4n) is 3.54. The van der Waals surface area contributed by atoms with E-state index in [4.69, 9.17) is 0 Å². The second-order valence-corrected chi connectivity index (χ2v) is 5.50. The molecule has 102 valence electrons. The minimum Gasteiger partial charge on any atom is -0.511 e. The normalized spacial score (nSPS) is 18.4. The number of carbonyl (C=O) groups is 2. The van der Waals surface area contributed by atoms with E-state index < -0.39 is 5.41 Å². The summed E-state index contributed by atoms with van der Waals surface area (Å²) in [6.45, 7) is 0. The Hall–Kier alpha value is -2.68. The Morgan fingerprint density at radius 3 is 1.86 bits per heavy atom. The minimum absolute atomic E-state index is 0.0277. The molecule has 1 N–H and O–H groups in total. The van der Waals surface area contributed by atoms with Crippen LogP contribution in [0.2, 0.25) is 0 Å². The molecule has 1 spiro atoms. The molecule has 0 aromatic heterocycles. The number of hydrogen-bond donors (Lipinski definition) is 1. The summed E-state index contributed by atoms with van der Waals surface area (Å²) in [4.78, 5) is 24.6. The fraction of sp³-hybridized carbons (Fsp3) is 0.111. The van der Waals surface area contributed by atoms with Crippen molar-refractivity contribution in [3.8, 4) is 0 Å². The molecule has 0 bridgehead atoms. The molecule has 2 aliphatic rings. The second-order valence-electron chi connectivity index (χ2n) is 5.50. The van der Waals surface area contributed by atoms with E-state index in [1.165, 1.54) is 6.08 Å². The summed E-state index contributed by atoms with van der Waals surface area (Å²) in [5.41, 5.74) is 1.65. The third kappa shape index (κ3) is 1.38. The van der Waals surface area contributed by atoms with Crippen LogP contribution in [0.25, 0.3) is 0 Å². The quantitative estimate of drug-likeness (QED) is 0.805. The molecule has 2 aromatic rings. The highest BCUT2D eigenvalue weighted by molar-refractivity contribution is 6.14. The van der Waals surface area contributed by atoms with E-state index in [9.17, 15) is 14.7 Å². The summed E-state index contributed by atoms with van der Waals surface area (Å²) in [5.74, 6) is -0.148.